The summed E-state index contributed by atoms with van der Waals surface area (Å²) in [6.45, 7) is 0. The van der Waals surface area contributed by atoms with Crippen LogP contribution in [0, 0.1) is 15.9 Å². The fraction of sp³-hybridized carbons (Fsp3) is 0.182. The highest BCUT2D eigenvalue weighted by Crippen LogP contribution is 2.16. The lowest BCUT2D eigenvalue weighted by Gasteiger charge is -2.10. The van der Waals surface area contributed by atoms with Gasteiger partial charge in [-0.3, -0.25) is 4.79 Å². The number of carbonyl (C=O) groups is 1. The predicted molar refractivity (Wildman–Crippen MR) is 69.2 cm³/mol. The van der Waals surface area contributed by atoms with Gasteiger partial charge in [0.2, 0.25) is 5.91 Å². The van der Waals surface area contributed by atoms with Crippen molar-refractivity contribution in [3.63, 3.8) is 0 Å². The normalized spacial score (nSPS) is 11.5. The Hall–Kier alpha value is -1.06. The van der Waals surface area contributed by atoms with Crippen LogP contribution in [0.3, 0.4) is 0 Å². The quantitative estimate of drug-likeness (QED) is 0.657. The molecule has 0 aromatic heterocycles. The first-order valence-corrected chi connectivity index (χ1v) is 5.47. The summed E-state index contributed by atoms with van der Waals surface area (Å²) in [6, 6.07) is 6.83. The summed E-state index contributed by atoms with van der Waals surface area (Å²) in [5.41, 5.74) is 6.33. The molecule has 1 atom stereocenters. The van der Waals surface area contributed by atoms with Crippen molar-refractivity contribution < 1.29 is 4.79 Å². The number of halogens is 1. The Labute approximate surface area is 103 Å². The van der Waals surface area contributed by atoms with E-state index in [0.29, 0.717) is 0 Å². The summed E-state index contributed by atoms with van der Waals surface area (Å²) in [4.78, 5) is 11.5. The minimum Gasteiger partial charge on any atom is -0.324 e. The van der Waals surface area contributed by atoms with Gasteiger partial charge in [0.25, 0.3) is 0 Å². The molecule has 15 heavy (non-hydrogen) atoms. The van der Waals surface area contributed by atoms with E-state index in [9.17, 15) is 4.79 Å². The molecule has 0 bridgehead atoms. The van der Waals surface area contributed by atoms with E-state index < -0.39 is 6.04 Å². The van der Waals surface area contributed by atoms with Crippen LogP contribution in [0.15, 0.2) is 24.3 Å². The Morgan fingerprint density at radius 1 is 1.60 bits per heavy atom. The minimum atomic E-state index is -0.647. The fourth-order valence-electron chi connectivity index (χ4n) is 1.01. The van der Waals surface area contributed by atoms with Gasteiger partial charge in [-0.2, -0.15) is 0 Å². The van der Waals surface area contributed by atoms with Gasteiger partial charge in [-0.15, -0.1) is 12.3 Å². The van der Waals surface area contributed by atoms with Crippen LogP contribution in [0.2, 0.25) is 0 Å². The van der Waals surface area contributed by atoms with Crippen LogP contribution >= 0.6 is 22.6 Å². The standard InChI is InChI=1S/C11H11IN2O/c1-2-5-9(13)11(15)14-10-7-4-3-6-8(10)12/h1,3-4,6-7,9H,5,13H2,(H,14,15). The van der Waals surface area contributed by atoms with Crippen molar-refractivity contribution in [2.24, 2.45) is 5.73 Å². The molecule has 1 aromatic rings. The molecule has 0 aliphatic rings. The van der Waals surface area contributed by atoms with E-state index in [2.05, 4.69) is 33.8 Å². The van der Waals surface area contributed by atoms with E-state index in [-0.39, 0.29) is 12.3 Å². The maximum atomic E-state index is 11.5. The van der Waals surface area contributed by atoms with Gasteiger partial charge in [0, 0.05) is 9.99 Å². The Balaban J connectivity index is 2.67. The number of anilines is 1. The topological polar surface area (TPSA) is 55.1 Å². The number of nitrogens with two attached hydrogens (primary N) is 1. The van der Waals surface area contributed by atoms with Crippen LogP contribution in [-0.2, 0) is 4.79 Å². The van der Waals surface area contributed by atoms with Crippen LogP contribution in [0.1, 0.15) is 6.42 Å². The molecule has 3 N–H and O–H groups in total. The first-order valence-electron chi connectivity index (χ1n) is 4.39. The molecular weight excluding hydrogens is 303 g/mol. The number of terminal acetylenes is 1. The van der Waals surface area contributed by atoms with Gasteiger partial charge in [0.05, 0.1) is 11.7 Å². The molecule has 4 heteroatoms. The highest BCUT2D eigenvalue weighted by molar-refractivity contribution is 14.1. The summed E-state index contributed by atoms with van der Waals surface area (Å²) in [7, 11) is 0. The molecular formula is C11H11IN2O. The van der Waals surface area contributed by atoms with E-state index in [0.717, 1.165) is 9.26 Å². The average molecular weight is 314 g/mol. The zero-order valence-corrected chi connectivity index (χ0v) is 10.2. The van der Waals surface area contributed by atoms with Gasteiger partial charge in [0.15, 0.2) is 0 Å². The molecule has 1 aromatic carbocycles. The van der Waals surface area contributed by atoms with Gasteiger partial charge in [-0.1, -0.05) is 12.1 Å². The van der Waals surface area contributed by atoms with Gasteiger partial charge in [-0.25, -0.2) is 0 Å². The average Bonchev–Trinajstić information content (AvgIpc) is 2.21. The highest BCUT2D eigenvalue weighted by atomic mass is 127. The van der Waals surface area contributed by atoms with E-state index in [1.165, 1.54) is 0 Å². The zero-order valence-electron chi connectivity index (χ0n) is 8.03. The second-order valence-electron chi connectivity index (χ2n) is 2.98. The molecule has 0 heterocycles. The Kier molecular flexibility index (Phi) is 4.59. The molecule has 1 rings (SSSR count). The van der Waals surface area contributed by atoms with Crippen molar-refractivity contribution in [2.45, 2.75) is 12.5 Å². The third-order valence-corrected chi connectivity index (χ3v) is 2.75. The maximum Gasteiger partial charge on any atom is 0.242 e. The van der Waals surface area contributed by atoms with Crippen LogP contribution in [0.25, 0.3) is 0 Å². The Bertz CT molecular complexity index is 398. The molecule has 0 spiro atoms. The zero-order chi connectivity index (χ0) is 11.3. The van der Waals surface area contributed by atoms with Crippen molar-refractivity contribution in [3.8, 4) is 12.3 Å². The van der Waals surface area contributed by atoms with E-state index in [1.54, 1.807) is 0 Å². The SMILES string of the molecule is C#CCC(N)C(=O)Nc1ccccc1I. The molecule has 0 saturated carbocycles. The van der Waals surface area contributed by atoms with Crippen LogP contribution < -0.4 is 11.1 Å². The summed E-state index contributed by atoms with van der Waals surface area (Å²) in [6.07, 6.45) is 5.32. The van der Waals surface area contributed by atoms with Gasteiger partial charge < -0.3 is 11.1 Å². The maximum absolute atomic E-state index is 11.5. The first-order chi connectivity index (χ1) is 7.15. The summed E-state index contributed by atoms with van der Waals surface area (Å²) >= 11 is 2.14. The lowest BCUT2D eigenvalue weighted by Crippen LogP contribution is -2.35. The van der Waals surface area contributed by atoms with Crippen molar-refractivity contribution >= 4 is 34.2 Å². The van der Waals surface area contributed by atoms with Gasteiger partial charge >= 0.3 is 0 Å². The van der Waals surface area contributed by atoms with Crippen molar-refractivity contribution in [1.82, 2.24) is 0 Å². The number of benzene rings is 1. The van der Waals surface area contributed by atoms with Crippen LogP contribution in [-0.4, -0.2) is 11.9 Å². The second kappa shape index (κ2) is 5.73. The Morgan fingerprint density at radius 2 is 2.27 bits per heavy atom. The van der Waals surface area contributed by atoms with Crippen LogP contribution in [0.5, 0.6) is 0 Å². The number of amides is 1. The lowest BCUT2D eigenvalue weighted by atomic mass is 10.2. The third-order valence-electron chi connectivity index (χ3n) is 1.81. The van der Waals surface area contributed by atoms with E-state index in [4.69, 9.17) is 12.2 Å². The molecule has 78 valence electrons. The lowest BCUT2D eigenvalue weighted by molar-refractivity contribution is -0.117. The number of hydrogen-bond acceptors (Lipinski definition) is 2. The fourth-order valence-corrected chi connectivity index (χ4v) is 1.53. The van der Waals surface area contributed by atoms with Crippen molar-refractivity contribution in [3.05, 3.63) is 27.8 Å². The number of carbonyl (C=O) groups excluding carboxylic acids is 1. The smallest absolute Gasteiger partial charge is 0.242 e. The van der Waals surface area contributed by atoms with E-state index >= 15 is 0 Å². The molecule has 1 amide bonds. The molecule has 0 aliphatic carbocycles. The van der Waals surface area contributed by atoms with Gasteiger partial charge in [0.1, 0.15) is 0 Å². The number of nitrogens with one attached hydrogen (secondary N) is 1. The first kappa shape index (κ1) is 12.0. The summed E-state index contributed by atoms with van der Waals surface area (Å²) in [5.74, 6) is 2.11. The Morgan fingerprint density at radius 3 is 2.87 bits per heavy atom. The predicted octanol–water partition coefficient (Wildman–Crippen LogP) is 1.58. The monoisotopic (exact) mass is 314 g/mol. The van der Waals surface area contributed by atoms with Crippen LogP contribution in [0.4, 0.5) is 5.69 Å². The molecule has 0 aliphatic heterocycles. The minimum absolute atomic E-state index is 0.245. The van der Waals surface area contributed by atoms with Crippen molar-refractivity contribution in [1.29, 1.82) is 0 Å². The number of para-hydroxylation sites is 1. The second-order valence-corrected chi connectivity index (χ2v) is 4.15. The molecule has 3 nitrogen and oxygen atoms in total. The van der Waals surface area contributed by atoms with E-state index in [1.807, 2.05) is 24.3 Å². The number of rotatable bonds is 3. The summed E-state index contributed by atoms with van der Waals surface area (Å²) < 4.78 is 0.969. The third kappa shape index (κ3) is 3.53. The molecule has 0 radical (unpaired) electrons. The molecule has 0 fully saturated rings. The number of hydrogen-bond donors (Lipinski definition) is 2. The molecule has 0 saturated heterocycles. The largest absolute Gasteiger partial charge is 0.324 e. The van der Waals surface area contributed by atoms with Gasteiger partial charge in [-0.05, 0) is 34.7 Å². The highest BCUT2D eigenvalue weighted by Gasteiger charge is 2.12. The molecule has 1 unspecified atom stereocenters. The van der Waals surface area contributed by atoms with Crippen molar-refractivity contribution in [2.75, 3.05) is 5.32 Å². The summed E-state index contributed by atoms with van der Waals surface area (Å²) in [5, 5.41) is 2.73.